The van der Waals surface area contributed by atoms with Gasteiger partial charge in [-0.25, -0.2) is 14.5 Å². The fraction of sp³-hybridized carbons (Fsp3) is 0.214. The normalized spacial score (nSPS) is 21.9. The van der Waals surface area contributed by atoms with E-state index in [-0.39, 0.29) is 28.6 Å². The highest BCUT2D eigenvalue weighted by molar-refractivity contribution is 6.33. The van der Waals surface area contributed by atoms with Crippen LogP contribution in [-0.2, 0) is 4.79 Å². The van der Waals surface area contributed by atoms with Crippen molar-refractivity contribution in [1.29, 1.82) is 5.26 Å². The van der Waals surface area contributed by atoms with Crippen LogP contribution in [0.1, 0.15) is 17.5 Å². The van der Waals surface area contributed by atoms with Crippen molar-refractivity contribution in [3.63, 3.8) is 0 Å². The van der Waals surface area contributed by atoms with Crippen LogP contribution in [0.25, 0.3) is 11.1 Å². The molecule has 3 saturated heterocycles. The number of carbonyl (C=O) groups is 3. The average molecular weight is 512 g/mol. The first-order valence-electron chi connectivity index (χ1n) is 12.0. The quantitative estimate of drug-likeness (QED) is 0.500. The summed E-state index contributed by atoms with van der Waals surface area (Å²) in [6, 6.07) is 20.3. The first-order chi connectivity index (χ1) is 17.9. The predicted octanol–water partition coefficient (Wildman–Crippen LogP) is 5.01. The van der Waals surface area contributed by atoms with Crippen LogP contribution >= 0.6 is 11.6 Å². The second-order valence-corrected chi connectivity index (χ2v) is 9.82. The lowest BCUT2D eigenvalue weighted by Gasteiger charge is -2.35. The van der Waals surface area contributed by atoms with Crippen LogP contribution in [0.2, 0.25) is 5.02 Å². The molecule has 0 spiro atoms. The van der Waals surface area contributed by atoms with E-state index in [2.05, 4.69) is 5.32 Å². The molecule has 3 atom stereocenters. The topological polar surface area (TPSA) is 96.8 Å². The van der Waals surface area contributed by atoms with Gasteiger partial charge < -0.3 is 15.1 Å². The van der Waals surface area contributed by atoms with E-state index in [1.807, 2.05) is 60.7 Å². The van der Waals surface area contributed by atoms with Crippen molar-refractivity contribution in [2.45, 2.75) is 31.5 Å². The Kier molecular flexibility index (Phi) is 5.39. The van der Waals surface area contributed by atoms with Gasteiger partial charge in [0.05, 0.1) is 34.0 Å². The molecule has 3 aromatic rings. The lowest BCUT2D eigenvalue weighted by molar-refractivity contribution is -0.120. The van der Waals surface area contributed by atoms with Crippen LogP contribution in [-0.4, -0.2) is 52.4 Å². The summed E-state index contributed by atoms with van der Waals surface area (Å²) < 4.78 is 0. The Morgan fingerprint density at radius 3 is 2.54 bits per heavy atom. The fourth-order valence-corrected chi connectivity index (χ4v) is 5.97. The van der Waals surface area contributed by atoms with Crippen LogP contribution in [0.15, 0.2) is 66.7 Å². The van der Waals surface area contributed by atoms with Gasteiger partial charge in [-0.05, 0) is 42.7 Å². The van der Waals surface area contributed by atoms with E-state index in [1.54, 1.807) is 22.8 Å². The lowest BCUT2D eigenvalue weighted by atomic mass is 10.0. The molecule has 3 aliphatic rings. The molecule has 0 saturated carbocycles. The number of anilines is 2. The summed E-state index contributed by atoms with van der Waals surface area (Å²) in [5.41, 5.74) is 3.69. The number of nitriles is 1. The molecule has 1 N–H and O–H groups in total. The first-order valence-corrected chi connectivity index (χ1v) is 12.4. The second kappa shape index (κ2) is 8.64. The van der Waals surface area contributed by atoms with E-state index in [4.69, 9.17) is 11.6 Å². The molecule has 184 valence electrons. The SMILES string of the molecule is Cc1c(N2C(=O)[C@@H]3C4C[C@H](CN4C(=O)Nc4ccccc4-c4ccccc4)N3C2=O)ccc(C#N)c1Cl. The van der Waals surface area contributed by atoms with Gasteiger partial charge in [-0.3, -0.25) is 4.79 Å². The Bertz CT molecular complexity index is 1500. The van der Waals surface area contributed by atoms with Crippen molar-refractivity contribution >= 4 is 40.9 Å². The van der Waals surface area contributed by atoms with Gasteiger partial charge in [0, 0.05) is 12.1 Å². The number of carbonyl (C=O) groups excluding carboxylic acids is 3. The number of hydrogen-bond donors (Lipinski definition) is 1. The lowest BCUT2D eigenvalue weighted by Crippen LogP contribution is -2.55. The molecule has 37 heavy (non-hydrogen) atoms. The minimum atomic E-state index is -0.754. The van der Waals surface area contributed by atoms with Gasteiger partial charge in [0.25, 0.3) is 5.91 Å². The molecular formula is C28H22ClN5O3. The van der Waals surface area contributed by atoms with Crippen LogP contribution in [0.3, 0.4) is 0 Å². The van der Waals surface area contributed by atoms with Crippen LogP contribution < -0.4 is 10.2 Å². The average Bonchev–Trinajstić information content (AvgIpc) is 3.58. The minimum Gasteiger partial charge on any atom is -0.317 e. The van der Waals surface area contributed by atoms with Crippen molar-refractivity contribution in [1.82, 2.24) is 9.80 Å². The number of amides is 5. The molecule has 1 unspecified atom stereocenters. The van der Waals surface area contributed by atoms with Crippen molar-refractivity contribution in [3.05, 3.63) is 82.9 Å². The molecule has 0 aromatic heterocycles. The number of fused-ring (bicyclic) bond motifs is 5. The molecule has 2 bridgehead atoms. The molecule has 5 amide bonds. The van der Waals surface area contributed by atoms with Gasteiger partial charge in [-0.1, -0.05) is 60.1 Å². The Hall–Kier alpha value is -4.35. The van der Waals surface area contributed by atoms with Crippen molar-refractivity contribution in [3.8, 4) is 17.2 Å². The Balaban J connectivity index is 1.26. The Morgan fingerprint density at radius 2 is 1.78 bits per heavy atom. The minimum absolute atomic E-state index is 0.216. The smallest absolute Gasteiger partial charge is 0.317 e. The Morgan fingerprint density at radius 1 is 1.05 bits per heavy atom. The molecule has 3 fully saturated rings. The van der Waals surface area contributed by atoms with Crippen LogP contribution in [0.4, 0.5) is 21.0 Å². The third-order valence-corrected chi connectivity index (χ3v) is 7.98. The number of hydrogen-bond acceptors (Lipinski definition) is 4. The fourth-order valence-electron chi connectivity index (χ4n) is 5.76. The number of imide groups is 1. The van der Waals surface area contributed by atoms with Crippen molar-refractivity contribution in [2.75, 3.05) is 16.8 Å². The van der Waals surface area contributed by atoms with E-state index in [0.717, 1.165) is 16.0 Å². The predicted molar refractivity (Wildman–Crippen MR) is 139 cm³/mol. The molecule has 3 heterocycles. The molecular weight excluding hydrogens is 490 g/mol. The maximum absolute atomic E-state index is 13.6. The standard InChI is InChI=1S/C28H22ClN5O3/c1-16-22(12-11-18(14-30)24(16)29)34-26(35)25-23-13-19(33(25)28(34)37)15-32(23)27(36)31-21-10-6-5-9-20(21)17-7-3-2-4-8-17/h2-12,19,23,25H,13,15H2,1H3,(H,31,36)/t19-,23?,25+/m1/s1. The maximum atomic E-state index is 13.6. The molecule has 3 aromatic carbocycles. The molecule has 3 aliphatic heterocycles. The number of likely N-dealkylation sites (tertiary alicyclic amines) is 1. The highest BCUT2D eigenvalue weighted by Crippen LogP contribution is 2.44. The number of nitrogens with one attached hydrogen (secondary N) is 1. The van der Waals surface area contributed by atoms with E-state index in [0.29, 0.717) is 29.9 Å². The van der Waals surface area contributed by atoms with Gasteiger partial charge >= 0.3 is 12.1 Å². The summed E-state index contributed by atoms with van der Waals surface area (Å²) >= 11 is 6.31. The highest BCUT2D eigenvalue weighted by atomic mass is 35.5. The van der Waals surface area contributed by atoms with E-state index < -0.39 is 18.1 Å². The summed E-state index contributed by atoms with van der Waals surface area (Å²) in [6.07, 6.45) is 0.552. The number of rotatable bonds is 3. The number of urea groups is 2. The summed E-state index contributed by atoms with van der Waals surface area (Å²) in [6.45, 7) is 2.03. The third-order valence-electron chi connectivity index (χ3n) is 7.50. The maximum Gasteiger partial charge on any atom is 0.332 e. The van der Waals surface area contributed by atoms with Gasteiger partial charge in [-0.15, -0.1) is 0 Å². The van der Waals surface area contributed by atoms with E-state index in [9.17, 15) is 19.6 Å². The largest absolute Gasteiger partial charge is 0.332 e. The summed E-state index contributed by atoms with van der Waals surface area (Å²) in [5, 5.41) is 12.5. The van der Waals surface area contributed by atoms with Crippen LogP contribution in [0, 0.1) is 18.3 Å². The summed E-state index contributed by atoms with van der Waals surface area (Å²) in [5.74, 6) is -0.386. The van der Waals surface area contributed by atoms with E-state index in [1.165, 1.54) is 6.07 Å². The zero-order valence-corrected chi connectivity index (χ0v) is 20.6. The highest BCUT2D eigenvalue weighted by Gasteiger charge is 2.63. The number of nitrogens with zero attached hydrogens (tertiary/aromatic N) is 4. The number of para-hydroxylation sites is 1. The van der Waals surface area contributed by atoms with Gasteiger partial charge in [-0.2, -0.15) is 5.26 Å². The summed E-state index contributed by atoms with van der Waals surface area (Å²) in [4.78, 5) is 44.8. The molecule has 8 nitrogen and oxygen atoms in total. The molecule has 0 radical (unpaired) electrons. The number of halogens is 1. The first kappa shape index (κ1) is 23.1. The molecule has 0 aliphatic carbocycles. The monoisotopic (exact) mass is 511 g/mol. The van der Waals surface area contributed by atoms with E-state index >= 15 is 0 Å². The van der Waals surface area contributed by atoms with Crippen molar-refractivity contribution < 1.29 is 14.4 Å². The van der Waals surface area contributed by atoms with Crippen molar-refractivity contribution in [2.24, 2.45) is 0 Å². The van der Waals surface area contributed by atoms with Gasteiger partial charge in [0.1, 0.15) is 12.1 Å². The van der Waals surface area contributed by atoms with Crippen LogP contribution in [0.5, 0.6) is 0 Å². The molecule has 6 rings (SSSR count). The molecule has 9 heteroatoms. The zero-order valence-electron chi connectivity index (χ0n) is 19.9. The number of piperazine rings is 1. The summed E-state index contributed by atoms with van der Waals surface area (Å²) in [7, 11) is 0. The van der Waals surface area contributed by atoms with Gasteiger partial charge in [0.2, 0.25) is 0 Å². The zero-order chi connectivity index (χ0) is 25.8. The van der Waals surface area contributed by atoms with Gasteiger partial charge in [0.15, 0.2) is 0 Å². The Labute approximate surface area is 218 Å². The number of benzene rings is 3. The second-order valence-electron chi connectivity index (χ2n) is 9.44. The third kappa shape index (κ3) is 3.46.